The van der Waals surface area contributed by atoms with Crippen LogP contribution in [0.2, 0.25) is 0 Å². The van der Waals surface area contributed by atoms with Crippen LogP contribution in [0.15, 0.2) is 17.3 Å². The number of hydrogen-bond donors (Lipinski definition) is 2. The molecule has 0 aliphatic carbocycles. The predicted octanol–water partition coefficient (Wildman–Crippen LogP) is -0.530. The second kappa shape index (κ2) is 5.57. The number of aromatic nitrogens is 2. The van der Waals surface area contributed by atoms with E-state index in [-0.39, 0.29) is 18.1 Å². The fourth-order valence-corrected chi connectivity index (χ4v) is 1.76. The molecule has 7 nitrogen and oxygen atoms in total. The number of nitrogens with zero attached hydrogens (tertiary/aromatic N) is 2. The van der Waals surface area contributed by atoms with Crippen LogP contribution >= 0.6 is 0 Å². The molecule has 0 aromatic carbocycles. The Bertz CT molecular complexity index is 552. The van der Waals surface area contributed by atoms with Crippen LogP contribution in [0.1, 0.15) is 0 Å². The Kier molecular flexibility index (Phi) is 4.52. The third-order valence-corrected chi connectivity index (χ3v) is 3.35. The van der Waals surface area contributed by atoms with E-state index in [1.165, 1.54) is 19.3 Å². The molecule has 0 atom stereocenters. The molecule has 0 spiro atoms. The first-order chi connectivity index (χ1) is 8.66. The van der Waals surface area contributed by atoms with E-state index in [4.69, 9.17) is 0 Å². The molecule has 1 aromatic heterocycles. The normalized spacial score (nSPS) is 12.4. The minimum atomic E-state index is -4.94. The Morgan fingerprint density at radius 1 is 1.47 bits per heavy atom. The Labute approximate surface area is 106 Å². The van der Waals surface area contributed by atoms with Crippen LogP contribution in [0.5, 0.6) is 0 Å². The van der Waals surface area contributed by atoms with Crippen LogP contribution in [0, 0.1) is 0 Å². The highest BCUT2D eigenvalue weighted by Gasteiger charge is 2.38. The van der Waals surface area contributed by atoms with Crippen LogP contribution in [0.25, 0.3) is 0 Å². The van der Waals surface area contributed by atoms with E-state index in [2.05, 4.69) is 5.10 Å². The van der Waals surface area contributed by atoms with E-state index >= 15 is 0 Å². The number of carbonyl (C=O) groups is 1. The lowest BCUT2D eigenvalue weighted by Gasteiger charge is -2.07. The summed E-state index contributed by atoms with van der Waals surface area (Å²) in [7, 11) is -2.49. The van der Waals surface area contributed by atoms with Gasteiger partial charge in [0.2, 0.25) is 0 Å². The minimum absolute atomic E-state index is 0.0823. The van der Waals surface area contributed by atoms with Crippen molar-refractivity contribution >= 4 is 15.9 Å². The number of amides is 1. The van der Waals surface area contributed by atoms with Crippen molar-refractivity contribution in [2.24, 2.45) is 0 Å². The highest BCUT2D eigenvalue weighted by Crippen LogP contribution is 2.13. The van der Waals surface area contributed by atoms with Crippen LogP contribution in [-0.4, -0.2) is 43.9 Å². The maximum absolute atomic E-state index is 11.9. The van der Waals surface area contributed by atoms with Gasteiger partial charge in [-0.2, -0.15) is 18.3 Å². The summed E-state index contributed by atoms with van der Waals surface area (Å²) in [5, 5.41) is 5.04. The Balaban J connectivity index is 2.55. The van der Waals surface area contributed by atoms with Crippen molar-refractivity contribution in [1.82, 2.24) is 19.8 Å². The van der Waals surface area contributed by atoms with Crippen LogP contribution in [-0.2, 0) is 21.4 Å². The van der Waals surface area contributed by atoms with Gasteiger partial charge in [0.25, 0.3) is 10.0 Å². The van der Waals surface area contributed by atoms with E-state index < -0.39 is 22.1 Å². The number of halogens is 3. The first-order valence-electron chi connectivity index (χ1n) is 4.99. The van der Waals surface area contributed by atoms with E-state index in [9.17, 15) is 26.4 Å². The fourth-order valence-electron chi connectivity index (χ4n) is 1.10. The smallest absolute Gasteiger partial charge is 0.346 e. The highest BCUT2D eigenvalue weighted by molar-refractivity contribution is 7.89. The molecule has 0 aliphatic rings. The summed E-state index contributed by atoms with van der Waals surface area (Å²) >= 11 is 0. The molecular formula is C8H11F3N4O3S. The van der Waals surface area contributed by atoms with Gasteiger partial charge < -0.3 is 5.32 Å². The van der Waals surface area contributed by atoms with Crippen molar-refractivity contribution in [3.05, 3.63) is 12.3 Å². The van der Waals surface area contributed by atoms with Gasteiger partial charge in [-0.1, -0.05) is 0 Å². The van der Waals surface area contributed by atoms with Gasteiger partial charge in [-0.25, -0.2) is 13.1 Å². The molecule has 0 saturated carbocycles. The highest BCUT2D eigenvalue weighted by atomic mass is 32.2. The fraction of sp³-hybridized carbons (Fsp3) is 0.500. The van der Waals surface area contributed by atoms with Gasteiger partial charge >= 0.3 is 12.1 Å². The number of sulfonamides is 1. The van der Waals surface area contributed by atoms with E-state index in [1.54, 1.807) is 5.32 Å². The molecule has 0 aliphatic heterocycles. The summed E-state index contributed by atoms with van der Waals surface area (Å²) < 4.78 is 61.4. The molecular weight excluding hydrogens is 289 g/mol. The van der Waals surface area contributed by atoms with Gasteiger partial charge in [-0.15, -0.1) is 0 Å². The second-order valence-electron chi connectivity index (χ2n) is 3.38. The zero-order valence-electron chi connectivity index (χ0n) is 9.73. The molecule has 19 heavy (non-hydrogen) atoms. The van der Waals surface area contributed by atoms with Crippen LogP contribution in [0.3, 0.4) is 0 Å². The van der Waals surface area contributed by atoms with Gasteiger partial charge in [-0.3, -0.25) is 9.48 Å². The topological polar surface area (TPSA) is 93.1 Å². The largest absolute Gasteiger partial charge is 0.471 e. The zero-order valence-corrected chi connectivity index (χ0v) is 10.5. The van der Waals surface area contributed by atoms with Gasteiger partial charge in [0.1, 0.15) is 0 Å². The number of alkyl halides is 3. The van der Waals surface area contributed by atoms with Crippen molar-refractivity contribution in [2.75, 3.05) is 13.6 Å². The molecule has 2 N–H and O–H groups in total. The van der Waals surface area contributed by atoms with Gasteiger partial charge in [0.15, 0.2) is 5.03 Å². The summed E-state index contributed by atoms with van der Waals surface area (Å²) in [5.41, 5.74) is 0. The molecule has 0 unspecified atom stereocenters. The number of carbonyl (C=O) groups excluding carboxylic acids is 1. The van der Waals surface area contributed by atoms with Crippen LogP contribution < -0.4 is 10.0 Å². The first-order valence-corrected chi connectivity index (χ1v) is 6.47. The van der Waals surface area contributed by atoms with Crippen molar-refractivity contribution in [1.29, 1.82) is 0 Å². The number of nitrogens with one attached hydrogen (secondary N) is 2. The summed E-state index contributed by atoms with van der Waals surface area (Å²) in [6, 6.07) is 1.19. The van der Waals surface area contributed by atoms with Crippen molar-refractivity contribution in [3.63, 3.8) is 0 Å². The van der Waals surface area contributed by atoms with Crippen molar-refractivity contribution in [2.45, 2.75) is 17.7 Å². The van der Waals surface area contributed by atoms with Crippen molar-refractivity contribution < 1.29 is 26.4 Å². The zero-order chi connectivity index (χ0) is 14.7. The van der Waals surface area contributed by atoms with Gasteiger partial charge in [0.05, 0.1) is 6.54 Å². The molecule has 1 aromatic rings. The second-order valence-corrected chi connectivity index (χ2v) is 5.21. The Hall–Kier alpha value is -1.62. The maximum atomic E-state index is 11.9. The SMILES string of the molecule is CNS(=O)(=O)c1ccn(CCNC(=O)C(F)(F)F)n1. The Morgan fingerprint density at radius 2 is 2.11 bits per heavy atom. The number of rotatable bonds is 5. The molecule has 0 bridgehead atoms. The van der Waals surface area contributed by atoms with E-state index in [0.717, 1.165) is 4.68 Å². The molecule has 11 heteroatoms. The number of hydrogen-bond acceptors (Lipinski definition) is 4. The van der Waals surface area contributed by atoms with Crippen molar-refractivity contribution in [3.8, 4) is 0 Å². The molecule has 0 radical (unpaired) electrons. The lowest BCUT2D eigenvalue weighted by atomic mass is 10.5. The third kappa shape index (κ3) is 4.21. The van der Waals surface area contributed by atoms with Gasteiger partial charge in [-0.05, 0) is 13.1 Å². The standard InChI is InChI=1S/C8H11F3N4O3S/c1-12-19(17,18)6-2-4-15(14-6)5-3-13-7(16)8(9,10)11/h2,4,12H,3,5H2,1H3,(H,13,16). The summed E-state index contributed by atoms with van der Waals surface area (Å²) in [5.74, 6) is -2.05. The summed E-state index contributed by atoms with van der Waals surface area (Å²) in [4.78, 5) is 10.5. The Morgan fingerprint density at radius 3 is 2.63 bits per heavy atom. The lowest BCUT2D eigenvalue weighted by molar-refractivity contribution is -0.173. The predicted molar refractivity (Wildman–Crippen MR) is 57.5 cm³/mol. The third-order valence-electron chi connectivity index (χ3n) is 2.04. The average Bonchev–Trinajstić information content (AvgIpc) is 2.77. The first kappa shape index (κ1) is 15.4. The monoisotopic (exact) mass is 300 g/mol. The lowest BCUT2D eigenvalue weighted by Crippen LogP contribution is -2.38. The molecule has 0 saturated heterocycles. The molecule has 108 valence electrons. The molecule has 1 heterocycles. The molecule has 1 rings (SSSR count). The van der Waals surface area contributed by atoms with E-state index in [1.807, 2.05) is 4.72 Å². The average molecular weight is 300 g/mol. The quantitative estimate of drug-likeness (QED) is 0.764. The van der Waals surface area contributed by atoms with Crippen LogP contribution in [0.4, 0.5) is 13.2 Å². The summed E-state index contributed by atoms with van der Waals surface area (Å²) in [6.07, 6.45) is -3.66. The van der Waals surface area contributed by atoms with Gasteiger partial charge in [0, 0.05) is 12.7 Å². The minimum Gasteiger partial charge on any atom is -0.346 e. The van der Waals surface area contributed by atoms with E-state index in [0.29, 0.717) is 0 Å². The maximum Gasteiger partial charge on any atom is 0.471 e. The molecule has 1 amide bonds. The summed E-state index contributed by atoms with van der Waals surface area (Å²) in [6.45, 7) is -0.403. The molecule has 0 fully saturated rings.